The Hall–Kier alpha value is -1.85. The highest BCUT2D eigenvalue weighted by molar-refractivity contribution is 6.30. The topological polar surface area (TPSA) is 58.4 Å². The number of carbonyl (C=O) groups is 1. The fourth-order valence-corrected chi connectivity index (χ4v) is 2.70. The van der Waals surface area contributed by atoms with Crippen molar-refractivity contribution < 1.29 is 9.90 Å². The number of likely N-dealkylation sites (N-methyl/N-ethyl adjacent to an activating group) is 1. The Labute approximate surface area is 141 Å². The van der Waals surface area contributed by atoms with E-state index in [0.29, 0.717) is 22.8 Å². The molecule has 0 aliphatic heterocycles. The van der Waals surface area contributed by atoms with E-state index in [9.17, 15) is 9.90 Å². The molecule has 5 nitrogen and oxygen atoms in total. The van der Waals surface area contributed by atoms with Crippen LogP contribution in [-0.4, -0.2) is 44.9 Å². The summed E-state index contributed by atoms with van der Waals surface area (Å²) in [4.78, 5) is 14.0. The van der Waals surface area contributed by atoms with Gasteiger partial charge in [-0.3, -0.25) is 9.48 Å². The molecule has 1 heterocycles. The number of carbonyl (C=O) groups excluding carboxylic acids is 1. The van der Waals surface area contributed by atoms with Gasteiger partial charge in [0.05, 0.1) is 23.4 Å². The molecule has 0 aliphatic rings. The van der Waals surface area contributed by atoms with Gasteiger partial charge in [-0.1, -0.05) is 23.7 Å². The molecule has 124 valence electrons. The molecule has 0 aliphatic carbocycles. The van der Waals surface area contributed by atoms with Crippen molar-refractivity contribution in [2.24, 2.45) is 0 Å². The van der Waals surface area contributed by atoms with E-state index in [2.05, 4.69) is 5.10 Å². The quantitative estimate of drug-likeness (QED) is 0.914. The van der Waals surface area contributed by atoms with Gasteiger partial charge < -0.3 is 10.0 Å². The summed E-state index contributed by atoms with van der Waals surface area (Å²) in [6, 6.07) is 7.54. The zero-order valence-corrected chi connectivity index (χ0v) is 14.6. The van der Waals surface area contributed by atoms with E-state index in [0.717, 1.165) is 5.56 Å². The molecule has 0 saturated heterocycles. The standard InChI is InChI=1S/C17H22ClN3O2/c1-12-15(16(22)20(4)11-17(2,3)23)10-21(19-12)9-13-6-5-7-14(18)8-13/h5-8,10,23H,9,11H2,1-4H3. The van der Waals surface area contributed by atoms with E-state index in [-0.39, 0.29) is 12.5 Å². The van der Waals surface area contributed by atoms with E-state index in [1.807, 2.05) is 24.3 Å². The third kappa shape index (κ3) is 4.81. The molecule has 0 unspecified atom stereocenters. The van der Waals surface area contributed by atoms with Crippen LogP contribution in [0.4, 0.5) is 0 Å². The molecule has 0 spiro atoms. The molecule has 0 bridgehead atoms. The van der Waals surface area contributed by atoms with Gasteiger partial charge >= 0.3 is 0 Å². The molecule has 6 heteroatoms. The lowest BCUT2D eigenvalue weighted by atomic mass is 10.1. The van der Waals surface area contributed by atoms with Crippen LogP contribution < -0.4 is 0 Å². The Bertz CT molecular complexity index is 704. The molecule has 0 atom stereocenters. The first-order valence-corrected chi connectivity index (χ1v) is 7.80. The monoisotopic (exact) mass is 335 g/mol. The molecule has 1 N–H and O–H groups in total. The third-order valence-electron chi connectivity index (χ3n) is 3.38. The molecule has 23 heavy (non-hydrogen) atoms. The highest BCUT2D eigenvalue weighted by Gasteiger charge is 2.23. The molecular weight excluding hydrogens is 314 g/mol. The van der Waals surface area contributed by atoms with Crippen molar-refractivity contribution in [1.82, 2.24) is 14.7 Å². The first kappa shape index (κ1) is 17.5. The van der Waals surface area contributed by atoms with Crippen molar-refractivity contribution >= 4 is 17.5 Å². The van der Waals surface area contributed by atoms with Crippen molar-refractivity contribution in [3.63, 3.8) is 0 Å². The van der Waals surface area contributed by atoms with E-state index in [1.54, 1.807) is 38.7 Å². The second-order valence-corrected chi connectivity index (χ2v) is 6.87. The van der Waals surface area contributed by atoms with Crippen LogP contribution in [0.3, 0.4) is 0 Å². The Kier molecular flexibility index (Phi) is 5.12. The van der Waals surface area contributed by atoms with Crippen molar-refractivity contribution in [3.8, 4) is 0 Å². The Morgan fingerprint density at radius 2 is 2.13 bits per heavy atom. The minimum Gasteiger partial charge on any atom is -0.389 e. The lowest BCUT2D eigenvalue weighted by Gasteiger charge is -2.25. The minimum atomic E-state index is -0.935. The average Bonchev–Trinajstić information content (AvgIpc) is 2.76. The van der Waals surface area contributed by atoms with Gasteiger partial charge in [0.1, 0.15) is 0 Å². The van der Waals surface area contributed by atoms with E-state index < -0.39 is 5.60 Å². The largest absolute Gasteiger partial charge is 0.389 e. The highest BCUT2D eigenvalue weighted by atomic mass is 35.5. The molecule has 0 radical (unpaired) electrons. The van der Waals surface area contributed by atoms with Gasteiger partial charge in [0.15, 0.2) is 0 Å². The van der Waals surface area contributed by atoms with Gasteiger partial charge in [-0.2, -0.15) is 5.10 Å². The normalized spacial score (nSPS) is 11.6. The highest BCUT2D eigenvalue weighted by Crippen LogP contribution is 2.15. The molecular formula is C17H22ClN3O2. The molecule has 2 rings (SSSR count). The van der Waals surface area contributed by atoms with E-state index in [1.165, 1.54) is 4.90 Å². The summed E-state index contributed by atoms with van der Waals surface area (Å²) in [5.74, 6) is -0.151. The van der Waals surface area contributed by atoms with Gasteiger partial charge in [0, 0.05) is 24.8 Å². The Balaban J connectivity index is 2.16. The van der Waals surface area contributed by atoms with Crippen molar-refractivity contribution in [1.29, 1.82) is 0 Å². The number of aryl methyl sites for hydroxylation is 1. The molecule has 1 aromatic heterocycles. The zero-order valence-electron chi connectivity index (χ0n) is 13.9. The smallest absolute Gasteiger partial charge is 0.257 e. The summed E-state index contributed by atoms with van der Waals surface area (Å²) in [6.45, 7) is 5.95. The van der Waals surface area contributed by atoms with Gasteiger partial charge in [0.25, 0.3) is 5.91 Å². The number of aliphatic hydroxyl groups is 1. The van der Waals surface area contributed by atoms with Crippen LogP contribution in [-0.2, 0) is 6.54 Å². The fourth-order valence-electron chi connectivity index (χ4n) is 2.49. The van der Waals surface area contributed by atoms with Crippen LogP contribution >= 0.6 is 11.6 Å². The van der Waals surface area contributed by atoms with Crippen LogP contribution in [0.5, 0.6) is 0 Å². The number of hydrogen-bond acceptors (Lipinski definition) is 3. The molecule has 0 fully saturated rings. The lowest BCUT2D eigenvalue weighted by Crippen LogP contribution is -2.39. The number of amides is 1. The Morgan fingerprint density at radius 3 is 2.74 bits per heavy atom. The molecule has 1 amide bonds. The summed E-state index contributed by atoms with van der Waals surface area (Å²) in [5, 5.41) is 14.9. The van der Waals surface area contributed by atoms with Gasteiger partial charge in [-0.25, -0.2) is 0 Å². The zero-order chi connectivity index (χ0) is 17.2. The SMILES string of the molecule is Cc1nn(Cc2cccc(Cl)c2)cc1C(=O)N(C)CC(C)(C)O. The first-order valence-electron chi connectivity index (χ1n) is 7.42. The predicted molar refractivity (Wildman–Crippen MR) is 90.8 cm³/mol. The molecule has 1 aromatic carbocycles. The fraction of sp³-hybridized carbons (Fsp3) is 0.412. The number of rotatable bonds is 5. The number of nitrogens with zero attached hydrogens (tertiary/aromatic N) is 3. The van der Waals surface area contributed by atoms with Gasteiger partial charge in [-0.05, 0) is 38.5 Å². The second-order valence-electron chi connectivity index (χ2n) is 6.43. The number of hydrogen-bond donors (Lipinski definition) is 1. The maximum absolute atomic E-state index is 12.5. The van der Waals surface area contributed by atoms with Crippen molar-refractivity contribution in [2.45, 2.75) is 32.9 Å². The maximum atomic E-state index is 12.5. The van der Waals surface area contributed by atoms with Crippen LogP contribution in [0, 0.1) is 6.92 Å². The average molecular weight is 336 g/mol. The first-order chi connectivity index (χ1) is 10.7. The minimum absolute atomic E-state index is 0.151. The predicted octanol–water partition coefficient (Wildman–Crippen LogP) is 2.74. The number of aromatic nitrogens is 2. The van der Waals surface area contributed by atoms with Gasteiger partial charge in [0.2, 0.25) is 0 Å². The van der Waals surface area contributed by atoms with Crippen LogP contribution in [0.2, 0.25) is 5.02 Å². The third-order valence-corrected chi connectivity index (χ3v) is 3.62. The Morgan fingerprint density at radius 1 is 1.43 bits per heavy atom. The second kappa shape index (κ2) is 6.72. The summed E-state index contributed by atoms with van der Waals surface area (Å²) in [6.07, 6.45) is 1.74. The van der Waals surface area contributed by atoms with Crippen LogP contribution in [0.1, 0.15) is 35.5 Å². The molecule has 2 aromatic rings. The van der Waals surface area contributed by atoms with Crippen LogP contribution in [0.15, 0.2) is 30.5 Å². The summed E-state index contributed by atoms with van der Waals surface area (Å²) >= 11 is 5.99. The van der Waals surface area contributed by atoms with E-state index >= 15 is 0 Å². The number of halogens is 1. The van der Waals surface area contributed by atoms with Crippen molar-refractivity contribution in [2.75, 3.05) is 13.6 Å². The number of benzene rings is 1. The summed E-state index contributed by atoms with van der Waals surface area (Å²) in [5.41, 5.74) is 1.29. The summed E-state index contributed by atoms with van der Waals surface area (Å²) < 4.78 is 1.73. The summed E-state index contributed by atoms with van der Waals surface area (Å²) in [7, 11) is 1.67. The van der Waals surface area contributed by atoms with Gasteiger partial charge in [-0.15, -0.1) is 0 Å². The van der Waals surface area contributed by atoms with E-state index in [4.69, 9.17) is 11.6 Å². The van der Waals surface area contributed by atoms with Crippen molar-refractivity contribution in [3.05, 3.63) is 52.3 Å². The molecule has 0 saturated carbocycles. The lowest BCUT2D eigenvalue weighted by molar-refractivity contribution is 0.0367. The maximum Gasteiger partial charge on any atom is 0.257 e. The van der Waals surface area contributed by atoms with Crippen LogP contribution in [0.25, 0.3) is 0 Å².